The summed E-state index contributed by atoms with van der Waals surface area (Å²) < 4.78 is 7.86. The summed E-state index contributed by atoms with van der Waals surface area (Å²) in [4.78, 5) is 14.8. The maximum absolute atomic E-state index is 14.8. The van der Waals surface area contributed by atoms with Crippen molar-refractivity contribution in [3.8, 4) is 61.4 Å². The van der Waals surface area contributed by atoms with Gasteiger partial charge in [0, 0.05) is 27.8 Å². The lowest BCUT2D eigenvalue weighted by Crippen LogP contribution is -2.34. The Hall–Kier alpha value is -8.07. The van der Waals surface area contributed by atoms with Crippen LogP contribution in [0.25, 0.3) is 66.8 Å². The summed E-state index contributed by atoms with van der Waals surface area (Å²) in [7, 11) is 0. The minimum Gasteiger partial charge on any atom is -0.473 e. The average molecular weight is 795 g/mol. The van der Waals surface area contributed by atoms with Gasteiger partial charge in [0.25, 0.3) is 0 Å². The number of Topliss-reactive ketones (excluding diaryl/α,β-unsaturated/α-hetero) is 1. The third-order valence-electron chi connectivity index (χ3n) is 11.7. The molecule has 0 spiro atoms. The monoisotopic (exact) mass is 794 g/mol. The number of ketones is 1. The summed E-state index contributed by atoms with van der Waals surface area (Å²) in [5.74, 6) is 0.657. The number of ether oxygens (including phenoxy) is 1. The van der Waals surface area contributed by atoms with Crippen molar-refractivity contribution in [3.63, 3.8) is 0 Å². The van der Waals surface area contributed by atoms with E-state index >= 15 is 0 Å². The van der Waals surface area contributed by atoms with Gasteiger partial charge in [-0.05, 0) is 79.9 Å². The van der Waals surface area contributed by atoms with E-state index in [-0.39, 0.29) is 5.78 Å². The molecule has 0 radical (unpaired) electrons. The molecule has 9 aromatic rings. The molecule has 0 bridgehead atoms. The second-order valence-corrected chi connectivity index (χ2v) is 15.6. The first-order valence-electron chi connectivity index (χ1n) is 21.0. The van der Waals surface area contributed by atoms with Crippen LogP contribution < -0.4 is 4.74 Å². The van der Waals surface area contributed by atoms with Crippen molar-refractivity contribution >= 4 is 16.9 Å². The molecule has 0 N–H and O–H groups in total. The first kappa shape index (κ1) is 38.2. The van der Waals surface area contributed by atoms with E-state index in [9.17, 15) is 4.79 Å². The molecule has 1 aliphatic rings. The first-order chi connectivity index (χ1) is 30.6. The Bertz CT molecular complexity index is 2910. The van der Waals surface area contributed by atoms with E-state index in [4.69, 9.17) is 4.74 Å². The van der Waals surface area contributed by atoms with Gasteiger partial charge in [-0.25, -0.2) is 0 Å². The van der Waals surface area contributed by atoms with Crippen molar-refractivity contribution in [1.82, 2.24) is 0 Å². The predicted molar refractivity (Wildman–Crippen MR) is 256 cm³/mol. The second kappa shape index (κ2) is 16.9. The predicted octanol–water partition coefficient (Wildman–Crippen LogP) is 15.0. The zero-order valence-electron chi connectivity index (χ0n) is 34.1. The lowest BCUT2D eigenvalue weighted by molar-refractivity contribution is -0.109. The highest BCUT2D eigenvalue weighted by molar-refractivity contribution is 6.43. The van der Waals surface area contributed by atoms with Crippen LogP contribution in [0.2, 0.25) is 0 Å². The quantitative estimate of drug-likeness (QED) is 0.138. The van der Waals surface area contributed by atoms with E-state index in [0.717, 1.165) is 66.8 Å². The van der Waals surface area contributed by atoms with Gasteiger partial charge in [0.05, 0.1) is 0 Å². The van der Waals surface area contributed by atoms with Crippen molar-refractivity contribution in [2.75, 3.05) is 0 Å². The molecule has 0 fully saturated rings. The minimum absolute atomic E-state index is 0.0524. The van der Waals surface area contributed by atoms with Crippen molar-refractivity contribution in [2.45, 2.75) is 5.60 Å². The number of hydrogen-bond donors (Lipinski definition) is 0. The molecular formula is C60H42O2. The molecule has 2 heteroatoms. The highest BCUT2D eigenvalue weighted by Gasteiger charge is 2.40. The fourth-order valence-corrected chi connectivity index (χ4v) is 8.47. The second-order valence-electron chi connectivity index (χ2n) is 15.6. The normalized spacial score (nSPS) is 13.2. The van der Waals surface area contributed by atoms with Crippen LogP contribution in [0.4, 0.5) is 0 Å². The average Bonchev–Trinajstić information content (AvgIpc) is 3.36. The van der Waals surface area contributed by atoms with Gasteiger partial charge in [-0.2, -0.15) is 0 Å². The summed E-state index contributed by atoms with van der Waals surface area (Å²) in [6.07, 6.45) is 4.07. The van der Waals surface area contributed by atoms with Gasteiger partial charge in [0.1, 0.15) is 5.75 Å². The Kier molecular flexibility index (Phi) is 10.4. The molecule has 0 unspecified atom stereocenters. The van der Waals surface area contributed by atoms with E-state index in [2.05, 4.69) is 158 Å². The number of carbonyl (C=O) groups excluding carboxylic acids is 1. The fourth-order valence-electron chi connectivity index (χ4n) is 8.47. The summed E-state index contributed by atoms with van der Waals surface area (Å²) >= 11 is 0. The van der Waals surface area contributed by atoms with E-state index in [1.807, 2.05) is 97.1 Å². The molecule has 62 heavy (non-hydrogen) atoms. The third-order valence-corrected chi connectivity index (χ3v) is 11.7. The van der Waals surface area contributed by atoms with E-state index in [0.29, 0.717) is 16.9 Å². The van der Waals surface area contributed by atoms with E-state index in [1.54, 1.807) is 0 Å². The molecule has 0 amide bonds. The summed E-state index contributed by atoms with van der Waals surface area (Å²) in [5.41, 5.74) is 13.1. The Balaban J connectivity index is 1.24. The van der Waals surface area contributed by atoms with Crippen LogP contribution in [0, 0.1) is 0 Å². The SMILES string of the molecule is O=C1C(c2ccccc2)=CC(Oc2c(-c3ccccc3)cc(-c3ccc(-c4ccccc4)cc3)cc2-c2ccccc2)(c2ccc(-c3ccccc3)cc2)C=C1c1ccccc1. The first-order valence-corrected chi connectivity index (χ1v) is 21.0. The molecule has 0 aliphatic heterocycles. The smallest absolute Gasteiger partial charge is 0.193 e. The lowest BCUT2D eigenvalue weighted by atomic mass is 9.78. The maximum Gasteiger partial charge on any atom is 0.193 e. The van der Waals surface area contributed by atoms with Gasteiger partial charge in [0.2, 0.25) is 0 Å². The van der Waals surface area contributed by atoms with Crippen molar-refractivity contribution in [1.29, 1.82) is 0 Å². The Labute approximate surface area is 363 Å². The number of carbonyl (C=O) groups is 1. The highest BCUT2D eigenvalue weighted by atomic mass is 16.5. The molecule has 1 aliphatic carbocycles. The van der Waals surface area contributed by atoms with Crippen LogP contribution in [0.5, 0.6) is 5.75 Å². The molecule has 9 aromatic carbocycles. The Morgan fingerprint density at radius 3 is 0.952 bits per heavy atom. The standard InChI is InChI=1S/C60H42O2/c61-58-56(50-27-15-5-16-28-50)41-60(42-57(58)51-29-17-6-18-30-51,53-37-35-46(36-38-53)44-21-9-2-10-22-44)62-59-54(48-23-11-3-12-24-48)39-52(40-55(59)49-25-13-4-14-26-49)47-33-31-45(32-34-47)43-19-7-1-8-20-43/h1-42H. The van der Waals surface area contributed by atoms with Gasteiger partial charge < -0.3 is 4.74 Å². The molecule has 0 atom stereocenters. The lowest BCUT2D eigenvalue weighted by Gasteiger charge is -2.36. The van der Waals surface area contributed by atoms with E-state index < -0.39 is 5.60 Å². The minimum atomic E-state index is -1.23. The third kappa shape index (κ3) is 7.62. The molecular weight excluding hydrogens is 753 g/mol. The van der Waals surface area contributed by atoms with Crippen molar-refractivity contribution < 1.29 is 9.53 Å². The number of hydrogen-bond acceptors (Lipinski definition) is 2. The zero-order valence-corrected chi connectivity index (χ0v) is 34.1. The van der Waals surface area contributed by atoms with Crippen LogP contribution in [-0.4, -0.2) is 5.78 Å². The van der Waals surface area contributed by atoms with Gasteiger partial charge in [-0.15, -0.1) is 0 Å². The molecule has 10 rings (SSSR count). The van der Waals surface area contributed by atoms with Crippen LogP contribution in [0.15, 0.2) is 255 Å². The summed E-state index contributed by atoms with van der Waals surface area (Å²) in [6, 6.07) is 83.5. The van der Waals surface area contributed by atoms with Gasteiger partial charge in [0.15, 0.2) is 11.4 Å². The molecule has 0 saturated carbocycles. The number of rotatable bonds is 10. The molecule has 0 saturated heterocycles. The Morgan fingerprint density at radius 2 is 0.581 bits per heavy atom. The largest absolute Gasteiger partial charge is 0.473 e. The van der Waals surface area contributed by atoms with Gasteiger partial charge >= 0.3 is 0 Å². The fraction of sp³-hybridized carbons (Fsp3) is 0.0167. The summed E-state index contributed by atoms with van der Waals surface area (Å²) in [5, 5.41) is 0. The van der Waals surface area contributed by atoms with Crippen LogP contribution >= 0.6 is 0 Å². The molecule has 294 valence electrons. The van der Waals surface area contributed by atoms with Crippen LogP contribution in [0.3, 0.4) is 0 Å². The highest BCUT2D eigenvalue weighted by Crippen LogP contribution is 2.49. The maximum atomic E-state index is 14.8. The van der Waals surface area contributed by atoms with E-state index in [1.165, 1.54) is 5.56 Å². The van der Waals surface area contributed by atoms with Crippen molar-refractivity contribution in [2.24, 2.45) is 0 Å². The van der Waals surface area contributed by atoms with Crippen molar-refractivity contribution in [3.05, 3.63) is 271 Å². The molecule has 0 heterocycles. The molecule has 0 aromatic heterocycles. The topological polar surface area (TPSA) is 26.3 Å². The molecule has 2 nitrogen and oxygen atoms in total. The van der Waals surface area contributed by atoms with Crippen LogP contribution in [-0.2, 0) is 10.4 Å². The van der Waals surface area contributed by atoms with Gasteiger partial charge in [-0.1, -0.05) is 231 Å². The van der Waals surface area contributed by atoms with Crippen LogP contribution in [0.1, 0.15) is 16.7 Å². The zero-order chi connectivity index (χ0) is 41.7. The Morgan fingerprint density at radius 1 is 0.290 bits per heavy atom. The number of allylic oxidation sites excluding steroid dienone is 2. The number of benzene rings is 9. The van der Waals surface area contributed by atoms with Gasteiger partial charge in [-0.3, -0.25) is 4.79 Å². The summed E-state index contributed by atoms with van der Waals surface area (Å²) in [6.45, 7) is 0.